The largest absolute Gasteiger partial charge is 0.492 e. The molecule has 0 saturated carbocycles. The Bertz CT molecular complexity index is 1160. The highest BCUT2D eigenvalue weighted by atomic mass is 79.9. The van der Waals surface area contributed by atoms with E-state index in [0.717, 1.165) is 10.0 Å². The van der Waals surface area contributed by atoms with Gasteiger partial charge in [0.25, 0.3) is 11.5 Å². The van der Waals surface area contributed by atoms with Gasteiger partial charge < -0.3 is 15.0 Å². The Morgan fingerprint density at radius 1 is 1.12 bits per heavy atom. The third kappa shape index (κ3) is 6.27. The fourth-order valence-electron chi connectivity index (χ4n) is 2.93. The molecule has 0 unspecified atom stereocenters. The Morgan fingerprint density at radius 3 is 2.59 bits per heavy atom. The number of hydrogen-bond donors (Lipinski definition) is 1. The van der Waals surface area contributed by atoms with E-state index in [9.17, 15) is 14.4 Å². The maximum Gasteiger partial charge on any atom is 0.274 e. The number of anilines is 1. The molecule has 0 aliphatic rings. The summed E-state index contributed by atoms with van der Waals surface area (Å²) in [6.07, 6.45) is 0. The summed E-state index contributed by atoms with van der Waals surface area (Å²) in [5, 5.41) is 6.93. The fourth-order valence-corrected chi connectivity index (χ4v) is 3.41. The van der Waals surface area contributed by atoms with Gasteiger partial charge in [0.1, 0.15) is 18.1 Å². The van der Waals surface area contributed by atoms with Gasteiger partial charge in [-0.1, -0.05) is 34.1 Å². The standard InChI is InChI=1S/C23H23BrN4O4/c1-16-14-17(24)8-9-19(16)25-21(29)15-27(2)23(31)20-10-11-22(30)28(26-20)12-13-32-18-6-4-3-5-7-18/h3-11,14H,12-13,15H2,1-2H3,(H,25,29). The smallest absolute Gasteiger partial charge is 0.274 e. The quantitative estimate of drug-likeness (QED) is 0.514. The molecule has 0 radical (unpaired) electrons. The number of aryl methyl sites for hydroxylation is 1. The van der Waals surface area contributed by atoms with Crippen molar-refractivity contribution in [1.29, 1.82) is 0 Å². The van der Waals surface area contributed by atoms with Crippen molar-refractivity contribution in [2.45, 2.75) is 13.5 Å². The highest BCUT2D eigenvalue weighted by molar-refractivity contribution is 9.10. The molecule has 1 aromatic heterocycles. The highest BCUT2D eigenvalue weighted by Gasteiger charge is 2.18. The molecule has 2 amide bonds. The lowest BCUT2D eigenvalue weighted by molar-refractivity contribution is -0.116. The summed E-state index contributed by atoms with van der Waals surface area (Å²) < 4.78 is 7.68. The molecule has 8 nitrogen and oxygen atoms in total. The van der Waals surface area contributed by atoms with E-state index in [4.69, 9.17) is 4.74 Å². The molecule has 9 heteroatoms. The van der Waals surface area contributed by atoms with E-state index in [2.05, 4.69) is 26.3 Å². The van der Waals surface area contributed by atoms with Crippen LogP contribution in [0.15, 0.2) is 69.9 Å². The number of likely N-dealkylation sites (N-methyl/N-ethyl adjacent to an activating group) is 1. The van der Waals surface area contributed by atoms with E-state index < -0.39 is 5.91 Å². The van der Waals surface area contributed by atoms with Gasteiger partial charge in [0.2, 0.25) is 5.91 Å². The Hall–Kier alpha value is -3.46. The van der Waals surface area contributed by atoms with Gasteiger partial charge in [-0.2, -0.15) is 5.10 Å². The van der Waals surface area contributed by atoms with Gasteiger partial charge >= 0.3 is 0 Å². The Labute approximate surface area is 193 Å². The summed E-state index contributed by atoms with van der Waals surface area (Å²) in [4.78, 5) is 38.5. The number of amides is 2. The number of ether oxygens (including phenoxy) is 1. The zero-order chi connectivity index (χ0) is 23.1. The van der Waals surface area contributed by atoms with E-state index in [-0.39, 0.29) is 36.9 Å². The summed E-state index contributed by atoms with van der Waals surface area (Å²) in [5.41, 5.74) is 1.29. The third-order valence-electron chi connectivity index (χ3n) is 4.59. The molecule has 1 N–H and O–H groups in total. The van der Waals surface area contributed by atoms with Gasteiger partial charge in [-0.25, -0.2) is 4.68 Å². The molecule has 0 aliphatic carbocycles. The lowest BCUT2D eigenvalue weighted by atomic mass is 10.2. The molecule has 0 atom stereocenters. The minimum absolute atomic E-state index is 0.0689. The lowest BCUT2D eigenvalue weighted by Crippen LogP contribution is -2.37. The maximum atomic E-state index is 12.7. The predicted molar refractivity (Wildman–Crippen MR) is 125 cm³/mol. The summed E-state index contributed by atoms with van der Waals surface area (Å²) in [6, 6.07) is 17.3. The number of hydrogen-bond acceptors (Lipinski definition) is 5. The van der Waals surface area contributed by atoms with Gasteiger partial charge in [-0.15, -0.1) is 0 Å². The SMILES string of the molecule is Cc1cc(Br)ccc1NC(=O)CN(C)C(=O)c1ccc(=O)n(CCOc2ccccc2)n1. The summed E-state index contributed by atoms with van der Waals surface area (Å²) in [5.74, 6) is -0.124. The monoisotopic (exact) mass is 498 g/mol. The first-order chi connectivity index (χ1) is 15.3. The Morgan fingerprint density at radius 2 is 1.88 bits per heavy atom. The molecule has 3 aromatic rings. The first-order valence-corrected chi connectivity index (χ1v) is 10.7. The molecule has 2 aromatic carbocycles. The summed E-state index contributed by atoms with van der Waals surface area (Å²) >= 11 is 3.38. The number of aromatic nitrogens is 2. The van der Waals surface area contributed by atoms with Gasteiger partial charge in [-0.3, -0.25) is 14.4 Å². The first kappa shape index (κ1) is 23.2. The second kappa shape index (κ2) is 10.7. The van der Waals surface area contributed by atoms with Gasteiger partial charge in [0.15, 0.2) is 0 Å². The van der Waals surface area contributed by atoms with Crippen molar-refractivity contribution < 1.29 is 14.3 Å². The molecular weight excluding hydrogens is 476 g/mol. The number of halogens is 1. The zero-order valence-electron chi connectivity index (χ0n) is 17.7. The number of benzene rings is 2. The molecule has 0 bridgehead atoms. The van der Waals surface area contributed by atoms with E-state index in [1.807, 2.05) is 49.4 Å². The summed E-state index contributed by atoms with van der Waals surface area (Å²) in [7, 11) is 1.51. The highest BCUT2D eigenvalue weighted by Crippen LogP contribution is 2.20. The van der Waals surface area contributed by atoms with Crippen molar-refractivity contribution in [3.05, 3.63) is 86.7 Å². The van der Waals surface area contributed by atoms with Crippen LogP contribution < -0.4 is 15.6 Å². The molecule has 3 rings (SSSR count). The molecule has 0 saturated heterocycles. The van der Waals surface area contributed by atoms with Crippen LogP contribution in [0.5, 0.6) is 5.75 Å². The zero-order valence-corrected chi connectivity index (χ0v) is 19.3. The normalized spacial score (nSPS) is 10.5. The van der Waals surface area contributed by atoms with E-state index >= 15 is 0 Å². The minimum Gasteiger partial charge on any atom is -0.492 e. The number of rotatable bonds is 8. The lowest BCUT2D eigenvalue weighted by Gasteiger charge is -2.17. The van der Waals surface area contributed by atoms with Crippen molar-refractivity contribution in [2.75, 3.05) is 25.5 Å². The van der Waals surface area contributed by atoms with Crippen LogP contribution in [0.25, 0.3) is 0 Å². The van der Waals surface area contributed by atoms with Crippen LogP contribution in [0.2, 0.25) is 0 Å². The molecule has 0 fully saturated rings. The molecule has 1 heterocycles. The summed E-state index contributed by atoms with van der Waals surface area (Å²) in [6.45, 7) is 2.12. The van der Waals surface area contributed by atoms with Crippen LogP contribution in [-0.4, -0.2) is 46.7 Å². The van der Waals surface area contributed by atoms with Gasteiger partial charge in [0, 0.05) is 23.3 Å². The minimum atomic E-state index is -0.467. The topological polar surface area (TPSA) is 93.5 Å². The Balaban J connectivity index is 1.60. The molecule has 32 heavy (non-hydrogen) atoms. The van der Waals surface area contributed by atoms with Gasteiger partial charge in [-0.05, 0) is 48.9 Å². The molecule has 0 aliphatic heterocycles. The predicted octanol–water partition coefficient (Wildman–Crippen LogP) is 3.10. The van der Waals surface area contributed by atoms with Crippen LogP contribution in [0.4, 0.5) is 5.69 Å². The van der Waals surface area contributed by atoms with Crippen LogP contribution in [-0.2, 0) is 11.3 Å². The van der Waals surface area contributed by atoms with Crippen molar-refractivity contribution in [3.8, 4) is 5.75 Å². The third-order valence-corrected chi connectivity index (χ3v) is 5.08. The average Bonchev–Trinajstić information content (AvgIpc) is 2.77. The average molecular weight is 499 g/mol. The van der Waals surface area contributed by atoms with E-state index in [1.54, 1.807) is 6.07 Å². The van der Waals surface area contributed by atoms with Crippen molar-refractivity contribution in [2.24, 2.45) is 0 Å². The molecule has 0 spiro atoms. The second-order valence-corrected chi connectivity index (χ2v) is 8.03. The van der Waals surface area contributed by atoms with Crippen molar-refractivity contribution >= 4 is 33.4 Å². The van der Waals surface area contributed by atoms with E-state index in [1.165, 1.54) is 28.8 Å². The van der Waals surface area contributed by atoms with E-state index in [0.29, 0.717) is 11.4 Å². The van der Waals surface area contributed by atoms with Crippen LogP contribution >= 0.6 is 15.9 Å². The number of nitrogens with one attached hydrogen (secondary N) is 1. The van der Waals surface area contributed by atoms with Crippen molar-refractivity contribution in [3.63, 3.8) is 0 Å². The van der Waals surface area contributed by atoms with Crippen molar-refractivity contribution in [1.82, 2.24) is 14.7 Å². The van der Waals surface area contributed by atoms with Crippen LogP contribution in [0, 0.1) is 6.92 Å². The fraction of sp³-hybridized carbons (Fsp3) is 0.217. The molecular formula is C23H23BrN4O4. The maximum absolute atomic E-state index is 12.7. The first-order valence-electron chi connectivity index (χ1n) is 9.91. The number of para-hydroxylation sites is 1. The van der Waals surface area contributed by atoms with Crippen LogP contribution in [0.1, 0.15) is 16.1 Å². The number of nitrogens with zero attached hydrogens (tertiary/aromatic N) is 3. The number of carbonyl (C=O) groups is 2. The number of carbonyl (C=O) groups excluding carboxylic acids is 2. The second-order valence-electron chi connectivity index (χ2n) is 7.11. The van der Waals surface area contributed by atoms with Crippen LogP contribution in [0.3, 0.4) is 0 Å². The van der Waals surface area contributed by atoms with Gasteiger partial charge in [0.05, 0.1) is 13.1 Å². The Kier molecular flexibility index (Phi) is 7.77. The molecule has 166 valence electrons.